The van der Waals surface area contributed by atoms with Crippen LogP contribution in [0.15, 0.2) is 46.9 Å². The van der Waals surface area contributed by atoms with E-state index in [1.54, 1.807) is 0 Å². The van der Waals surface area contributed by atoms with Crippen molar-refractivity contribution in [2.45, 2.75) is 26.2 Å². The van der Waals surface area contributed by atoms with Crippen molar-refractivity contribution >= 4 is 54.2 Å². The zero-order valence-corrected chi connectivity index (χ0v) is 16.4. The van der Waals surface area contributed by atoms with Gasteiger partial charge in [-0.15, -0.1) is 0 Å². The highest BCUT2D eigenvalue weighted by Crippen LogP contribution is 2.28. The number of hydrogen-bond acceptors (Lipinski definition) is 4. The molecule has 0 saturated carbocycles. The lowest BCUT2D eigenvalue weighted by Gasteiger charge is -2.07. The van der Waals surface area contributed by atoms with Crippen LogP contribution >= 0.6 is 27.3 Å². The van der Waals surface area contributed by atoms with Crippen molar-refractivity contribution in [2.24, 2.45) is 0 Å². The van der Waals surface area contributed by atoms with Crippen molar-refractivity contribution in [1.82, 2.24) is 4.98 Å². The van der Waals surface area contributed by atoms with Gasteiger partial charge in [-0.2, -0.15) is 0 Å². The van der Waals surface area contributed by atoms with Gasteiger partial charge in [0.25, 0.3) is 0 Å². The molecule has 4 nitrogen and oxygen atoms in total. The fourth-order valence-electron chi connectivity index (χ4n) is 2.47. The summed E-state index contributed by atoms with van der Waals surface area (Å²) in [5.74, 6) is -0.104. The smallest absolute Gasteiger partial charge is 0.245 e. The maximum absolute atomic E-state index is 12.1. The van der Waals surface area contributed by atoms with Crippen molar-refractivity contribution < 1.29 is 4.79 Å². The molecule has 3 aromatic rings. The van der Waals surface area contributed by atoms with Gasteiger partial charge in [-0.05, 0) is 48.7 Å². The average Bonchev–Trinajstić information content (AvgIpc) is 3.00. The van der Waals surface area contributed by atoms with E-state index >= 15 is 0 Å². The van der Waals surface area contributed by atoms with E-state index in [2.05, 4.69) is 50.6 Å². The van der Waals surface area contributed by atoms with E-state index < -0.39 is 0 Å². The number of fused-ring (bicyclic) bond motifs is 1. The summed E-state index contributed by atoms with van der Waals surface area (Å²) >= 11 is 4.91. The minimum Gasteiger partial charge on any atom is -0.376 e. The van der Waals surface area contributed by atoms with E-state index in [0.29, 0.717) is 5.13 Å². The van der Waals surface area contributed by atoms with Gasteiger partial charge in [0.1, 0.15) is 0 Å². The Bertz CT molecular complexity index is 861. The number of amides is 1. The summed E-state index contributed by atoms with van der Waals surface area (Å²) in [5, 5.41) is 6.62. The quantitative estimate of drug-likeness (QED) is 0.536. The Morgan fingerprint density at radius 3 is 2.76 bits per heavy atom. The van der Waals surface area contributed by atoms with Gasteiger partial charge >= 0.3 is 0 Å². The summed E-state index contributed by atoms with van der Waals surface area (Å²) in [6.07, 6.45) is 3.50. The molecule has 1 amide bonds. The highest BCUT2D eigenvalue weighted by Gasteiger charge is 2.08. The highest BCUT2D eigenvalue weighted by atomic mass is 79.9. The first kappa shape index (κ1) is 17.9. The van der Waals surface area contributed by atoms with Gasteiger partial charge in [-0.3, -0.25) is 4.79 Å². The summed E-state index contributed by atoms with van der Waals surface area (Å²) in [7, 11) is 0. The number of aromatic nitrogens is 1. The van der Waals surface area contributed by atoms with Crippen LogP contribution in [0.25, 0.3) is 10.2 Å². The van der Waals surface area contributed by atoms with Crippen molar-refractivity contribution in [3.8, 4) is 0 Å². The van der Waals surface area contributed by atoms with Gasteiger partial charge in [0.15, 0.2) is 5.13 Å². The molecule has 0 atom stereocenters. The van der Waals surface area contributed by atoms with Crippen molar-refractivity contribution in [1.29, 1.82) is 0 Å². The maximum atomic E-state index is 12.1. The maximum Gasteiger partial charge on any atom is 0.245 e. The number of unbranched alkanes of at least 4 members (excludes halogenated alkanes) is 1. The molecule has 6 heteroatoms. The number of rotatable bonds is 7. The number of benzene rings is 2. The second-order valence-electron chi connectivity index (χ2n) is 5.83. The van der Waals surface area contributed by atoms with Crippen LogP contribution in [-0.4, -0.2) is 17.4 Å². The third-order valence-electron chi connectivity index (χ3n) is 3.82. The monoisotopic (exact) mass is 417 g/mol. The Kier molecular flexibility index (Phi) is 6.04. The molecule has 0 radical (unpaired) electrons. The second kappa shape index (κ2) is 8.45. The lowest BCUT2D eigenvalue weighted by atomic mass is 10.1. The first-order chi connectivity index (χ1) is 12.1. The van der Waals surface area contributed by atoms with Crippen LogP contribution in [0.1, 0.15) is 25.3 Å². The Labute approximate surface area is 159 Å². The molecule has 0 bridgehead atoms. The molecule has 0 unspecified atom stereocenters. The van der Waals surface area contributed by atoms with Crippen LogP contribution in [0.3, 0.4) is 0 Å². The van der Waals surface area contributed by atoms with E-state index in [1.807, 2.05) is 30.3 Å². The molecular weight excluding hydrogens is 398 g/mol. The number of carbonyl (C=O) groups excluding carboxylic acids is 1. The predicted octanol–water partition coefficient (Wildman–Crippen LogP) is 5.45. The molecule has 0 saturated heterocycles. The normalized spacial score (nSPS) is 10.8. The zero-order valence-electron chi connectivity index (χ0n) is 14.0. The molecule has 25 heavy (non-hydrogen) atoms. The van der Waals surface area contributed by atoms with Crippen LogP contribution in [0.4, 0.5) is 10.8 Å². The largest absolute Gasteiger partial charge is 0.376 e. The lowest BCUT2D eigenvalue weighted by molar-refractivity contribution is -0.114. The van der Waals surface area contributed by atoms with Crippen molar-refractivity contribution in [3.63, 3.8) is 0 Å². The number of carbonyl (C=O) groups is 1. The number of nitrogens with one attached hydrogen (secondary N) is 2. The summed E-state index contributed by atoms with van der Waals surface area (Å²) < 4.78 is 2.05. The molecule has 0 fully saturated rings. The van der Waals surface area contributed by atoms with Crippen molar-refractivity contribution in [2.75, 3.05) is 17.2 Å². The Morgan fingerprint density at radius 1 is 1.20 bits per heavy atom. The van der Waals surface area contributed by atoms with Crippen LogP contribution in [0, 0.1) is 0 Å². The number of halogens is 1. The van der Waals surface area contributed by atoms with Gasteiger partial charge in [0, 0.05) is 10.2 Å². The summed E-state index contributed by atoms with van der Waals surface area (Å²) in [6, 6.07) is 14.1. The van der Waals surface area contributed by atoms with Crippen LogP contribution < -0.4 is 10.6 Å². The van der Waals surface area contributed by atoms with Gasteiger partial charge in [0.05, 0.1) is 16.8 Å². The SMILES string of the molecule is CCCCc1ccc(NCC(=O)Nc2nc3ccc(Br)cc3s2)cc1. The van der Waals surface area contributed by atoms with E-state index in [1.165, 1.54) is 29.7 Å². The molecule has 3 rings (SSSR count). The number of nitrogens with zero attached hydrogens (tertiary/aromatic N) is 1. The fraction of sp³-hybridized carbons (Fsp3) is 0.263. The predicted molar refractivity (Wildman–Crippen MR) is 109 cm³/mol. The van der Waals surface area contributed by atoms with Crippen LogP contribution in [0.2, 0.25) is 0 Å². The van der Waals surface area contributed by atoms with Crippen LogP contribution in [-0.2, 0) is 11.2 Å². The number of anilines is 2. The van der Waals surface area contributed by atoms with Crippen molar-refractivity contribution in [3.05, 3.63) is 52.5 Å². The third kappa shape index (κ3) is 5.03. The Hall–Kier alpha value is -1.92. The van der Waals surface area contributed by atoms with Gasteiger partial charge in [0.2, 0.25) is 5.91 Å². The molecule has 2 aromatic carbocycles. The average molecular weight is 418 g/mol. The summed E-state index contributed by atoms with van der Waals surface area (Å²) in [5.41, 5.74) is 3.17. The zero-order chi connectivity index (χ0) is 17.6. The number of thiazole rings is 1. The molecule has 1 aromatic heterocycles. The topological polar surface area (TPSA) is 54.0 Å². The fourth-order valence-corrected chi connectivity index (χ4v) is 3.90. The Morgan fingerprint density at radius 2 is 2.00 bits per heavy atom. The van der Waals surface area contributed by atoms with Gasteiger partial charge in [-0.25, -0.2) is 4.98 Å². The molecule has 0 aliphatic carbocycles. The Balaban J connectivity index is 1.53. The molecule has 0 aliphatic heterocycles. The standard InChI is InChI=1S/C19H20BrN3OS/c1-2-3-4-13-5-8-15(9-6-13)21-12-18(24)23-19-22-16-10-7-14(20)11-17(16)25-19/h5-11,21H,2-4,12H2,1H3,(H,22,23,24). The minimum absolute atomic E-state index is 0.104. The highest BCUT2D eigenvalue weighted by molar-refractivity contribution is 9.10. The third-order valence-corrected chi connectivity index (χ3v) is 5.25. The molecule has 2 N–H and O–H groups in total. The van der Waals surface area contributed by atoms with Gasteiger partial charge in [-0.1, -0.05) is 52.7 Å². The molecule has 0 spiro atoms. The first-order valence-corrected chi connectivity index (χ1v) is 9.94. The molecule has 130 valence electrons. The molecular formula is C19H20BrN3OS. The summed E-state index contributed by atoms with van der Waals surface area (Å²) in [6.45, 7) is 2.41. The van der Waals surface area contributed by atoms with Gasteiger partial charge < -0.3 is 10.6 Å². The molecule has 1 heterocycles. The lowest BCUT2D eigenvalue weighted by Crippen LogP contribution is -2.21. The van der Waals surface area contributed by atoms with E-state index in [0.717, 1.165) is 26.8 Å². The van der Waals surface area contributed by atoms with Crippen LogP contribution in [0.5, 0.6) is 0 Å². The van der Waals surface area contributed by atoms with E-state index in [9.17, 15) is 4.79 Å². The minimum atomic E-state index is -0.104. The number of aryl methyl sites for hydroxylation is 1. The first-order valence-electron chi connectivity index (χ1n) is 8.33. The number of hydrogen-bond donors (Lipinski definition) is 2. The van der Waals surface area contributed by atoms with E-state index in [-0.39, 0.29) is 12.5 Å². The second-order valence-corrected chi connectivity index (χ2v) is 7.78. The van der Waals surface area contributed by atoms with E-state index in [4.69, 9.17) is 0 Å². The summed E-state index contributed by atoms with van der Waals surface area (Å²) in [4.78, 5) is 16.5. The molecule has 0 aliphatic rings.